The van der Waals surface area contributed by atoms with Crippen LogP contribution < -0.4 is 10.6 Å². The van der Waals surface area contributed by atoms with Crippen molar-refractivity contribution in [2.45, 2.75) is 65.0 Å². The second kappa shape index (κ2) is 10.8. The molecule has 1 aliphatic rings. The molecule has 33 heavy (non-hydrogen) atoms. The van der Waals surface area contributed by atoms with E-state index in [4.69, 9.17) is 16.1 Å². The molecule has 2 aromatic rings. The van der Waals surface area contributed by atoms with Gasteiger partial charge < -0.3 is 20.3 Å². The van der Waals surface area contributed by atoms with Crippen LogP contribution in [0.5, 0.6) is 5.75 Å². The number of aromatic nitrogens is 1. The van der Waals surface area contributed by atoms with Gasteiger partial charge in [0.2, 0.25) is 5.91 Å². The second-order valence-electron chi connectivity index (χ2n) is 8.93. The van der Waals surface area contributed by atoms with Crippen molar-refractivity contribution in [2.24, 2.45) is 11.8 Å². The molecule has 2 amide bonds. The third-order valence-corrected chi connectivity index (χ3v) is 6.28. The summed E-state index contributed by atoms with van der Waals surface area (Å²) in [7, 11) is 0. The van der Waals surface area contributed by atoms with Crippen molar-refractivity contribution in [1.82, 2.24) is 15.8 Å². The highest BCUT2D eigenvalue weighted by Gasteiger charge is 2.35. The molecule has 1 heterocycles. The first-order chi connectivity index (χ1) is 15.7. The lowest BCUT2D eigenvalue weighted by Crippen LogP contribution is -2.55. The molecule has 0 aliphatic heterocycles. The lowest BCUT2D eigenvalue weighted by atomic mass is 9.89. The number of aromatic hydroxyl groups is 1. The molecule has 178 valence electrons. The van der Waals surface area contributed by atoms with Crippen molar-refractivity contribution in [3.8, 4) is 5.75 Å². The molecular formula is C24H30ClN3O5. The number of hydrogen-bond donors (Lipinski definition) is 3. The number of phenols is 1. The van der Waals surface area contributed by atoms with Gasteiger partial charge in [0, 0.05) is 18.4 Å². The molecule has 8 nitrogen and oxygen atoms in total. The minimum absolute atomic E-state index is 0.0138. The fraction of sp³-hybridized carbons (Fsp3) is 0.500. The van der Waals surface area contributed by atoms with Crippen molar-refractivity contribution in [2.75, 3.05) is 0 Å². The van der Waals surface area contributed by atoms with Gasteiger partial charge in [0.15, 0.2) is 11.5 Å². The first-order valence-corrected chi connectivity index (χ1v) is 11.6. The van der Waals surface area contributed by atoms with Crippen LogP contribution in [0.2, 0.25) is 5.02 Å². The molecule has 0 spiro atoms. The monoisotopic (exact) mass is 475 g/mol. The van der Waals surface area contributed by atoms with Crippen molar-refractivity contribution in [3.63, 3.8) is 0 Å². The highest BCUT2D eigenvalue weighted by Crippen LogP contribution is 2.29. The molecular weight excluding hydrogens is 446 g/mol. The van der Waals surface area contributed by atoms with Gasteiger partial charge in [-0.15, -0.1) is 0 Å². The summed E-state index contributed by atoms with van der Waals surface area (Å²) in [4.78, 5) is 39.0. The van der Waals surface area contributed by atoms with Crippen molar-refractivity contribution in [3.05, 3.63) is 46.3 Å². The standard InChI is InChI=1S/C24H30ClN3O5/c1-13(2)22(30)21(16-6-4-5-7-16)27-23(31)18(12-15-8-9-20(29)17(25)11-15)26-24(32)19-10-14(3)33-28-19/h8-11,13,16,18,21,29H,4-7,12H2,1-3H3,(H,26,32)(H,27,31)/t18?,21-/m0/s1. The number of aryl methyl sites for hydroxylation is 1. The van der Waals surface area contributed by atoms with Gasteiger partial charge in [-0.05, 0) is 43.4 Å². The maximum atomic E-state index is 13.4. The van der Waals surface area contributed by atoms with Crippen LogP contribution in [0.1, 0.15) is 61.3 Å². The maximum absolute atomic E-state index is 13.4. The molecule has 0 saturated heterocycles. The third kappa shape index (κ3) is 6.35. The van der Waals surface area contributed by atoms with Gasteiger partial charge in [0.25, 0.3) is 5.91 Å². The summed E-state index contributed by atoms with van der Waals surface area (Å²) in [6.07, 6.45) is 3.93. The van der Waals surface area contributed by atoms with E-state index in [-0.39, 0.29) is 40.5 Å². The molecule has 1 aromatic carbocycles. The van der Waals surface area contributed by atoms with Gasteiger partial charge in [0.05, 0.1) is 11.1 Å². The minimum Gasteiger partial charge on any atom is -0.506 e. The normalized spacial score (nSPS) is 15.9. The average molecular weight is 476 g/mol. The fourth-order valence-corrected chi connectivity index (χ4v) is 4.36. The van der Waals surface area contributed by atoms with E-state index in [1.807, 2.05) is 13.8 Å². The summed E-state index contributed by atoms with van der Waals surface area (Å²) in [6.45, 7) is 5.30. The van der Waals surface area contributed by atoms with Gasteiger partial charge in [-0.3, -0.25) is 14.4 Å². The summed E-state index contributed by atoms with van der Waals surface area (Å²) in [5.74, 6) is -0.787. The predicted molar refractivity (Wildman–Crippen MR) is 123 cm³/mol. The molecule has 9 heteroatoms. The molecule has 1 unspecified atom stereocenters. The summed E-state index contributed by atoms with van der Waals surface area (Å²) in [6, 6.07) is 4.49. The first-order valence-electron chi connectivity index (χ1n) is 11.2. The molecule has 0 bridgehead atoms. The van der Waals surface area contributed by atoms with Crippen LogP contribution in [0.15, 0.2) is 28.8 Å². The highest BCUT2D eigenvalue weighted by atomic mass is 35.5. The Balaban J connectivity index is 1.83. The molecule has 3 N–H and O–H groups in total. The Hall–Kier alpha value is -2.87. The van der Waals surface area contributed by atoms with Crippen molar-refractivity contribution in [1.29, 1.82) is 0 Å². The number of nitrogens with one attached hydrogen (secondary N) is 2. The Morgan fingerprint density at radius 2 is 1.88 bits per heavy atom. The van der Waals surface area contributed by atoms with Gasteiger partial charge in [-0.2, -0.15) is 0 Å². The zero-order chi connectivity index (χ0) is 24.1. The number of amides is 2. The number of nitrogens with zero attached hydrogens (tertiary/aromatic N) is 1. The molecule has 1 fully saturated rings. The summed E-state index contributed by atoms with van der Waals surface area (Å²) < 4.78 is 4.96. The van der Waals surface area contributed by atoms with Crippen LogP contribution in [0.3, 0.4) is 0 Å². The van der Waals surface area contributed by atoms with E-state index in [1.54, 1.807) is 13.0 Å². The SMILES string of the molecule is Cc1cc(C(=O)NC(Cc2ccc(O)c(Cl)c2)C(=O)N[C@H](C(=O)C(C)C)C2CCCC2)no1. The topological polar surface area (TPSA) is 122 Å². The number of halogens is 1. The highest BCUT2D eigenvalue weighted by molar-refractivity contribution is 6.32. The van der Waals surface area contributed by atoms with Crippen LogP contribution in [-0.4, -0.2) is 39.9 Å². The van der Waals surface area contributed by atoms with Crippen LogP contribution in [0.4, 0.5) is 0 Å². The fourth-order valence-electron chi connectivity index (χ4n) is 4.15. The number of phenolic OH excluding ortho intramolecular Hbond substituents is 1. The molecule has 1 aliphatic carbocycles. The Kier molecular flexibility index (Phi) is 8.13. The Bertz CT molecular complexity index is 1010. The number of hydrogen-bond acceptors (Lipinski definition) is 6. The molecule has 0 radical (unpaired) electrons. The van der Waals surface area contributed by atoms with Crippen molar-refractivity contribution < 1.29 is 24.0 Å². The van der Waals surface area contributed by atoms with E-state index in [9.17, 15) is 19.5 Å². The molecule has 1 saturated carbocycles. The number of benzene rings is 1. The van der Waals surface area contributed by atoms with Crippen LogP contribution >= 0.6 is 11.6 Å². The Labute approximate surface area is 198 Å². The zero-order valence-electron chi connectivity index (χ0n) is 19.1. The smallest absolute Gasteiger partial charge is 0.274 e. The van der Waals surface area contributed by atoms with E-state index in [2.05, 4.69) is 15.8 Å². The predicted octanol–water partition coefficient (Wildman–Crippen LogP) is 3.58. The number of carbonyl (C=O) groups excluding carboxylic acids is 3. The third-order valence-electron chi connectivity index (χ3n) is 5.98. The lowest BCUT2D eigenvalue weighted by molar-refractivity contribution is -0.131. The Morgan fingerprint density at radius 1 is 1.18 bits per heavy atom. The summed E-state index contributed by atoms with van der Waals surface area (Å²) >= 11 is 6.02. The van der Waals surface area contributed by atoms with E-state index >= 15 is 0 Å². The molecule has 2 atom stereocenters. The van der Waals surface area contributed by atoms with Crippen LogP contribution in [-0.2, 0) is 16.0 Å². The van der Waals surface area contributed by atoms with Gasteiger partial charge in [-0.1, -0.05) is 49.5 Å². The van der Waals surface area contributed by atoms with Crippen molar-refractivity contribution >= 4 is 29.2 Å². The lowest BCUT2D eigenvalue weighted by Gasteiger charge is -2.27. The zero-order valence-corrected chi connectivity index (χ0v) is 19.8. The number of Topliss-reactive ketones (excluding diaryl/α,β-unsaturated/α-hetero) is 1. The average Bonchev–Trinajstić information content (AvgIpc) is 3.45. The van der Waals surface area contributed by atoms with Gasteiger partial charge >= 0.3 is 0 Å². The van der Waals surface area contributed by atoms with Crippen LogP contribution in [0.25, 0.3) is 0 Å². The largest absolute Gasteiger partial charge is 0.506 e. The molecule has 3 rings (SSSR count). The van der Waals surface area contributed by atoms with Gasteiger partial charge in [-0.25, -0.2) is 0 Å². The Morgan fingerprint density at radius 3 is 2.45 bits per heavy atom. The quantitative estimate of drug-likeness (QED) is 0.509. The summed E-state index contributed by atoms with van der Waals surface area (Å²) in [5.41, 5.74) is 0.696. The minimum atomic E-state index is -0.987. The van der Waals surface area contributed by atoms with E-state index in [1.165, 1.54) is 18.2 Å². The van der Waals surface area contributed by atoms with E-state index in [0.717, 1.165) is 25.7 Å². The number of carbonyl (C=O) groups is 3. The summed E-state index contributed by atoms with van der Waals surface area (Å²) in [5, 5.41) is 19.2. The maximum Gasteiger partial charge on any atom is 0.274 e. The number of rotatable bonds is 9. The van der Waals surface area contributed by atoms with Gasteiger partial charge in [0.1, 0.15) is 17.6 Å². The van der Waals surface area contributed by atoms with Crippen LogP contribution in [0, 0.1) is 18.8 Å². The van der Waals surface area contributed by atoms with E-state index in [0.29, 0.717) is 11.3 Å². The molecule has 1 aromatic heterocycles. The number of ketones is 1. The van der Waals surface area contributed by atoms with E-state index < -0.39 is 23.9 Å². The second-order valence-corrected chi connectivity index (χ2v) is 9.33. The first kappa shape index (κ1) is 24.8.